The predicted molar refractivity (Wildman–Crippen MR) is 73.6 cm³/mol. The van der Waals surface area contributed by atoms with Crippen molar-refractivity contribution in [3.8, 4) is 0 Å². The maximum atomic E-state index is 11.8. The van der Waals surface area contributed by atoms with Crippen molar-refractivity contribution in [1.82, 2.24) is 0 Å². The Hall–Kier alpha value is 0.769. The number of Topliss-reactive ketones (excluding diaryl/α,β-unsaturated/α-hetero) is 1. The highest BCUT2D eigenvalue weighted by Crippen LogP contribution is 2.45. The summed E-state index contributed by atoms with van der Waals surface area (Å²) in [4.78, 5) is 11.8. The molecule has 1 nitrogen and oxygen atoms in total. The van der Waals surface area contributed by atoms with Gasteiger partial charge in [0.15, 0.2) is 0 Å². The smallest absolute Gasteiger partial charge is 0.111 e. The first-order valence-corrected chi connectivity index (χ1v) is 4.65. The van der Waals surface area contributed by atoms with Crippen LogP contribution in [0.15, 0.2) is 0 Å². The summed E-state index contributed by atoms with van der Waals surface area (Å²) in [6.45, 7) is 0. The number of hydrogen-bond donors (Lipinski definition) is 0. The van der Waals surface area contributed by atoms with E-state index in [-0.39, 0.29) is 0 Å². The molecule has 0 aromatic rings. The number of ketones is 1. The minimum Gasteiger partial charge on any atom is -0.302 e. The molecule has 0 unspecified atom stereocenters. The van der Waals surface area contributed by atoms with E-state index in [1.807, 2.05) is 0 Å². The largest absolute Gasteiger partial charge is 0.302 e. The van der Waals surface area contributed by atoms with Gasteiger partial charge in [-0.25, -0.2) is 0 Å². The lowest BCUT2D eigenvalue weighted by Crippen LogP contribution is -2.56. The molecule has 0 rings (SSSR count). The van der Waals surface area contributed by atoms with Crippen molar-refractivity contribution in [2.45, 2.75) is 19.8 Å². The van der Waals surface area contributed by atoms with Gasteiger partial charge in [0.1, 0.15) is 5.78 Å². The van der Waals surface area contributed by atoms with Gasteiger partial charge in [-0.2, -0.15) is 0 Å². The molecule has 0 fully saturated rings. The Bertz CT molecular complexity index is 262. The molecule has 0 heterocycles. The van der Waals surface area contributed by atoms with Crippen LogP contribution < -0.4 is 0 Å². The van der Waals surface area contributed by atoms with Crippen LogP contribution in [0.25, 0.3) is 0 Å². The quantitative estimate of drug-likeness (QED) is 0.402. The molecule has 0 saturated heterocycles. The highest BCUT2D eigenvalue weighted by Gasteiger charge is 2.49. The van der Waals surface area contributed by atoms with Crippen LogP contribution in [0.4, 0.5) is 0 Å². The number of rotatable bonds is 4. The minimum absolute atomic E-state index is 1.29. The Morgan fingerprint density at radius 3 is 1.00 bits per heavy atom. The van der Waals surface area contributed by atoms with Crippen LogP contribution in [0, 0.1) is 0 Å². The van der Waals surface area contributed by atoms with Crippen LogP contribution in [0.3, 0.4) is 0 Å². The third kappa shape index (κ3) is 2.96. The van der Waals surface area contributed by atoms with E-state index >= 15 is 0 Å². The molecular formula is C5B8Cl2O. The lowest BCUT2D eigenvalue weighted by Gasteiger charge is -2.48. The maximum Gasteiger partial charge on any atom is 0.111 e. The second-order valence-electron chi connectivity index (χ2n) is 3.60. The zero-order chi connectivity index (χ0) is 13.6. The van der Waals surface area contributed by atoms with Crippen molar-refractivity contribution in [1.29, 1.82) is 0 Å². The summed E-state index contributed by atoms with van der Waals surface area (Å²) in [6.07, 6.45) is 0. The highest BCUT2D eigenvalue weighted by molar-refractivity contribution is 6.79. The third-order valence-corrected chi connectivity index (χ3v) is 2.64. The number of carbonyl (C=O) groups is 1. The van der Waals surface area contributed by atoms with Crippen molar-refractivity contribution in [3.63, 3.8) is 0 Å². The van der Waals surface area contributed by atoms with E-state index in [1.54, 1.807) is 0 Å². The van der Waals surface area contributed by atoms with Crippen LogP contribution in [0.2, 0.25) is 10.4 Å². The van der Waals surface area contributed by atoms with Gasteiger partial charge in [0, 0.05) is 0 Å². The zero-order valence-corrected chi connectivity index (χ0v) is 9.79. The summed E-state index contributed by atoms with van der Waals surface area (Å²) in [5.74, 6) is -1.29. The van der Waals surface area contributed by atoms with Gasteiger partial charge < -0.3 is 4.79 Å². The molecule has 0 aliphatic heterocycles. The molecule has 0 spiro atoms. The fourth-order valence-corrected chi connectivity index (χ4v) is 0.862. The maximum absolute atomic E-state index is 11.8. The van der Waals surface area contributed by atoms with Gasteiger partial charge in [0.25, 0.3) is 0 Å². The monoisotopic (exact) mass is 234 g/mol. The molecule has 0 aromatic carbocycles. The van der Waals surface area contributed by atoms with Crippen LogP contribution in [-0.4, -0.2) is 77.9 Å². The Balaban J connectivity index is 5.40. The van der Waals surface area contributed by atoms with Crippen molar-refractivity contribution in [3.05, 3.63) is 0 Å². The van der Waals surface area contributed by atoms with E-state index in [9.17, 15) is 4.79 Å². The molecule has 11 heteroatoms. The summed E-state index contributed by atoms with van der Waals surface area (Å²) in [6, 6.07) is 0. The van der Waals surface area contributed by atoms with Crippen LogP contribution >= 0.6 is 23.2 Å². The van der Waals surface area contributed by atoms with Gasteiger partial charge in [-0.05, 0) is 19.8 Å². The van der Waals surface area contributed by atoms with Gasteiger partial charge in [0.05, 0.1) is 62.8 Å². The molecule has 0 N–H and O–H groups in total. The van der Waals surface area contributed by atoms with E-state index in [1.165, 1.54) is 0 Å². The Kier molecular flexibility index (Phi) is 4.68. The zero-order valence-electron chi connectivity index (χ0n) is 8.28. The second-order valence-corrected chi connectivity index (χ2v) is 4.85. The molecule has 0 aromatic heterocycles. The fourth-order valence-electron chi connectivity index (χ4n) is 0.690. The predicted octanol–water partition coefficient (Wildman–Crippen LogP) is -2.08. The van der Waals surface area contributed by atoms with Gasteiger partial charge in [0.2, 0.25) is 0 Å². The molecule has 0 saturated carbocycles. The molecule has 16 radical (unpaired) electrons. The first kappa shape index (κ1) is 16.8. The summed E-state index contributed by atoms with van der Waals surface area (Å²) >= 11 is 10.8. The summed E-state index contributed by atoms with van der Waals surface area (Å²) in [5.41, 5.74) is 0. The van der Waals surface area contributed by atoms with Gasteiger partial charge in [-0.15, -0.1) is 23.2 Å². The van der Waals surface area contributed by atoms with Crippen molar-refractivity contribution in [2.24, 2.45) is 0 Å². The fraction of sp³-hybridized carbons (Fsp3) is 0.800. The average molecular weight is 233 g/mol. The van der Waals surface area contributed by atoms with E-state index < -0.39 is 25.6 Å². The molecule has 0 aliphatic carbocycles. The summed E-state index contributed by atoms with van der Waals surface area (Å²) < 4.78 is -4.62. The SMILES string of the molecule is [B]C([B])(Cl)C([B])([B])C(=O)C([B])([B])C([B])([B])Cl. The third-order valence-electron chi connectivity index (χ3n) is 2.02. The topological polar surface area (TPSA) is 17.1 Å². The van der Waals surface area contributed by atoms with Crippen molar-refractivity contribution < 1.29 is 4.79 Å². The van der Waals surface area contributed by atoms with Crippen LogP contribution in [0.5, 0.6) is 0 Å². The standard InChI is InChI=1S/C5B8Cl2O/c6-2(7,4(10,11)14)1(16)3(8,9)5(12,13)15. The molecule has 0 amide bonds. The molecule has 0 atom stereocenters. The molecule has 0 aliphatic rings. The van der Waals surface area contributed by atoms with E-state index in [4.69, 9.17) is 86.0 Å². The first-order chi connectivity index (χ1) is 6.65. The van der Waals surface area contributed by atoms with Crippen LogP contribution in [-0.2, 0) is 4.79 Å². The Morgan fingerprint density at radius 2 is 0.875 bits per heavy atom. The average Bonchev–Trinajstić information content (AvgIpc) is 1.98. The van der Waals surface area contributed by atoms with Gasteiger partial charge in [-0.1, -0.05) is 0 Å². The van der Waals surface area contributed by atoms with Gasteiger partial charge >= 0.3 is 0 Å². The van der Waals surface area contributed by atoms with E-state index in [2.05, 4.69) is 0 Å². The van der Waals surface area contributed by atoms with E-state index in [0.29, 0.717) is 0 Å². The molecule has 16 heavy (non-hydrogen) atoms. The lowest BCUT2D eigenvalue weighted by atomic mass is 9.27. The number of alkyl halides is 2. The minimum atomic E-state index is -2.48. The second kappa shape index (κ2) is 4.46. The molecule has 0 bridgehead atoms. The van der Waals surface area contributed by atoms with Crippen molar-refractivity contribution in [2.75, 3.05) is 0 Å². The first-order valence-electron chi connectivity index (χ1n) is 3.89. The Morgan fingerprint density at radius 1 is 0.688 bits per heavy atom. The summed E-state index contributed by atoms with van der Waals surface area (Å²) in [5, 5.41) is -4.95. The number of carbonyl (C=O) groups excluding carboxylic acids is 1. The van der Waals surface area contributed by atoms with Crippen LogP contribution in [0.1, 0.15) is 0 Å². The van der Waals surface area contributed by atoms with Crippen molar-refractivity contribution >= 4 is 91.8 Å². The normalized spacial score (nSPS) is 14.6. The Labute approximate surface area is 116 Å². The van der Waals surface area contributed by atoms with Gasteiger partial charge in [-0.3, -0.25) is 0 Å². The molecule has 64 valence electrons. The lowest BCUT2D eigenvalue weighted by molar-refractivity contribution is -0.120. The number of hydrogen-bond acceptors (Lipinski definition) is 1. The summed E-state index contributed by atoms with van der Waals surface area (Å²) in [7, 11) is 42.1. The highest BCUT2D eigenvalue weighted by atomic mass is 35.5. The number of halogens is 2. The van der Waals surface area contributed by atoms with E-state index in [0.717, 1.165) is 0 Å². The molecular weight excluding hydrogens is 233 g/mol.